The molecular weight excluding hydrogens is 228 g/mol. The molecule has 90 valence electrons. The van der Waals surface area contributed by atoms with Crippen molar-refractivity contribution >= 4 is 11.2 Å². The van der Waals surface area contributed by atoms with Crippen LogP contribution in [0.25, 0.3) is 22.7 Å². The predicted octanol–water partition coefficient (Wildman–Crippen LogP) is 2.34. The highest BCUT2D eigenvalue weighted by atomic mass is 16.5. The van der Waals surface area contributed by atoms with Gasteiger partial charge in [-0.25, -0.2) is 9.97 Å². The van der Waals surface area contributed by atoms with Gasteiger partial charge in [-0.2, -0.15) is 4.98 Å². The Labute approximate surface area is 104 Å². The Hall–Kier alpha value is -2.43. The van der Waals surface area contributed by atoms with E-state index in [2.05, 4.69) is 19.9 Å². The van der Waals surface area contributed by atoms with Crippen LogP contribution in [0.5, 0.6) is 5.88 Å². The van der Waals surface area contributed by atoms with Crippen molar-refractivity contribution in [1.29, 1.82) is 0 Å². The molecule has 0 atom stereocenters. The molecule has 0 aliphatic rings. The van der Waals surface area contributed by atoms with Crippen LogP contribution in [-0.2, 0) is 0 Å². The Morgan fingerprint density at radius 1 is 1.06 bits per heavy atom. The Morgan fingerprint density at radius 3 is 2.72 bits per heavy atom. The number of imidazole rings is 1. The number of nitrogens with one attached hydrogen (secondary N) is 1. The standard InChI is InChI=1S/C13H12N4O/c1-8-4-3-5-9(14-8)12-15-10-6-7-11(18-2)16-13(10)17-12/h3-7H,1-2H3,(H,15,16,17). The number of pyridine rings is 2. The lowest BCUT2D eigenvalue weighted by atomic mass is 10.3. The van der Waals surface area contributed by atoms with Gasteiger partial charge in [0.25, 0.3) is 0 Å². The first-order valence-electron chi connectivity index (χ1n) is 5.61. The fourth-order valence-electron chi connectivity index (χ4n) is 1.79. The number of H-pyrrole nitrogens is 1. The van der Waals surface area contributed by atoms with E-state index in [1.807, 2.05) is 31.2 Å². The second-order valence-electron chi connectivity index (χ2n) is 3.97. The summed E-state index contributed by atoms with van der Waals surface area (Å²) in [6.07, 6.45) is 0. The number of nitrogens with zero attached hydrogens (tertiary/aromatic N) is 3. The number of ether oxygens (including phenoxy) is 1. The van der Waals surface area contributed by atoms with Gasteiger partial charge in [-0.15, -0.1) is 0 Å². The Kier molecular flexibility index (Phi) is 2.44. The molecule has 0 aromatic carbocycles. The summed E-state index contributed by atoms with van der Waals surface area (Å²) in [4.78, 5) is 16.3. The van der Waals surface area contributed by atoms with Crippen molar-refractivity contribution in [1.82, 2.24) is 19.9 Å². The number of aryl methyl sites for hydroxylation is 1. The molecule has 0 spiro atoms. The molecule has 18 heavy (non-hydrogen) atoms. The van der Waals surface area contributed by atoms with E-state index in [4.69, 9.17) is 4.74 Å². The molecule has 5 heteroatoms. The normalized spacial score (nSPS) is 10.8. The third-order valence-electron chi connectivity index (χ3n) is 2.66. The van der Waals surface area contributed by atoms with Gasteiger partial charge in [-0.05, 0) is 25.1 Å². The first-order valence-corrected chi connectivity index (χ1v) is 5.61. The van der Waals surface area contributed by atoms with Gasteiger partial charge < -0.3 is 9.72 Å². The fourth-order valence-corrected chi connectivity index (χ4v) is 1.79. The molecule has 3 aromatic heterocycles. The molecule has 0 radical (unpaired) electrons. The molecule has 1 N–H and O–H groups in total. The zero-order chi connectivity index (χ0) is 12.5. The van der Waals surface area contributed by atoms with E-state index in [1.165, 1.54) is 0 Å². The van der Waals surface area contributed by atoms with Crippen molar-refractivity contribution in [3.8, 4) is 17.4 Å². The molecule has 0 aliphatic carbocycles. The summed E-state index contributed by atoms with van der Waals surface area (Å²) in [5, 5.41) is 0. The molecule has 5 nitrogen and oxygen atoms in total. The highest BCUT2D eigenvalue weighted by Gasteiger charge is 2.08. The van der Waals surface area contributed by atoms with E-state index < -0.39 is 0 Å². The summed E-state index contributed by atoms with van der Waals surface area (Å²) in [6, 6.07) is 9.52. The number of rotatable bonds is 2. The molecule has 0 bridgehead atoms. The maximum atomic E-state index is 5.08. The lowest BCUT2D eigenvalue weighted by Gasteiger charge is -1.96. The van der Waals surface area contributed by atoms with Crippen LogP contribution in [0.3, 0.4) is 0 Å². The Morgan fingerprint density at radius 2 is 1.94 bits per heavy atom. The summed E-state index contributed by atoms with van der Waals surface area (Å²) >= 11 is 0. The van der Waals surface area contributed by atoms with Crippen molar-refractivity contribution in [3.05, 3.63) is 36.0 Å². The lowest BCUT2D eigenvalue weighted by molar-refractivity contribution is 0.399. The topological polar surface area (TPSA) is 63.7 Å². The molecule has 3 heterocycles. The van der Waals surface area contributed by atoms with Crippen molar-refractivity contribution < 1.29 is 4.74 Å². The van der Waals surface area contributed by atoms with Crippen molar-refractivity contribution in [2.75, 3.05) is 7.11 Å². The van der Waals surface area contributed by atoms with Crippen LogP contribution in [0.1, 0.15) is 5.69 Å². The predicted molar refractivity (Wildman–Crippen MR) is 68.4 cm³/mol. The smallest absolute Gasteiger partial charge is 0.215 e. The molecule has 0 unspecified atom stereocenters. The largest absolute Gasteiger partial charge is 0.481 e. The zero-order valence-electron chi connectivity index (χ0n) is 10.1. The molecule has 0 saturated heterocycles. The molecule has 0 amide bonds. The van der Waals surface area contributed by atoms with Gasteiger partial charge in [0.05, 0.1) is 12.6 Å². The van der Waals surface area contributed by atoms with Crippen LogP contribution >= 0.6 is 0 Å². The minimum absolute atomic E-state index is 0.553. The molecular formula is C13H12N4O. The monoisotopic (exact) mass is 240 g/mol. The van der Waals surface area contributed by atoms with Crippen molar-refractivity contribution in [2.24, 2.45) is 0 Å². The summed E-state index contributed by atoms with van der Waals surface area (Å²) in [5.74, 6) is 1.27. The van der Waals surface area contributed by atoms with Gasteiger partial charge in [0, 0.05) is 11.8 Å². The molecule has 3 rings (SSSR count). The van der Waals surface area contributed by atoms with Crippen LogP contribution in [0, 0.1) is 6.92 Å². The van der Waals surface area contributed by atoms with Gasteiger partial charge in [0.15, 0.2) is 11.5 Å². The van der Waals surface area contributed by atoms with E-state index in [-0.39, 0.29) is 0 Å². The first-order chi connectivity index (χ1) is 8.76. The summed E-state index contributed by atoms with van der Waals surface area (Å²) in [6.45, 7) is 1.95. The maximum Gasteiger partial charge on any atom is 0.215 e. The van der Waals surface area contributed by atoms with E-state index in [0.717, 1.165) is 22.7 Å². The minimum Gasteiger partial charge on any atom is -0.481 e. The summed E-state index contributed by atoms with van der Waals surface area (Å²) in [7, 11) is 1.59. The lowest BCUT2D eigenvalue weighted by Crippen LogP contribution is -1.88. The molecule has 0 fully saturated rings. The first kappa shape index (κ1) is 10.7. The van der Waals surface area contributed by atoms with E-state index in [1.54, 1.807) is 13.2 Å². The van der Waals surface area contributed by atoms with Crippen molar-refractivity contribution in [2.45, 2.75) is 6.92 Å². The minimum atomic E-state index is 0.553. The van der Waals surface area contributed by atoms with E-state index in [9.17, 15) is 0 Å². The van der Waals surface area contributed by atoms with Crippen LogP contribution < -0.4 is 4.74 Å². The second kappa shape index (κ2) is 4.10. The number of aromatic amines is 1. The second-order valence-corrected chi connectivity index (χ2v) is 3.97. The van der Waals surface area contributed by atoms with E-state index >= 15 is 0 Å². The zero-order valence-corrected chi connectivity index (χ0v) is 10.1. The summed E-state index contributed by atoms with van der Waals surface area (Å²) < 4.78 is 5.08. The highest BCUT2D eigenvalue weighted by Crippen LogP contribution is 2.19. The number of methoxy groups -OCH3 is 1. The summed E-state index contributed by atoms with van der Waals surface area (Å²) in [5.41, 5.74) is 3.27. The van der Waals surface area contributed by atoms with Crippen LogP contribution in [0.4, 0.5) is 0 Å². The van der Waals surface area contributed by atoms with E-state index in [0.29, 0.717) is 11.5 Å². The molecule has 3 aromatic rings. The van der Waals surface area contributed by atoms with Gasteiger partial charge in [-0.1, -0.05) is 6.07 Å². The third-order valence-corrected chi connectivity index (χ3v) is 2.66. The molecule has 0 aliphatic heterocycles. The highest BCUT2D eigenvalue weighted by molar-refractivity contribution is 5.75. The van der Waals surface area contributed by atoms with Crippen molar-refractivity contribution in [3.63, 3.8) is 0 Å². The number of hydrogen-bond acceptors (Lipinski definition) is 4. The average Bonchev–Trinajstić information content (AvgIpc) is 2.81. The van der Waals surface area contributed by atoms with Gasteiger partial charge in [0.2, 0.25) is 5.88 Å². The van der Waals surface area contributed by atoms with Crippen LogP contribution in [0.2, 0.25) is 0 Å². The SMILES string of the molecule is COc1ccc2[nH]c(-c3cccc(C)n3)nc2n1. The number of fused-ring (bicyclic) bond motifs is 1. The average molecular weight is 240 g/mol. The van der Waals surface area contributed by atoms with Crippen LogP contribution in [0.15, 0.2) is 30.3 Å². The number of hydrogen-bond donors (Lipinski definition) is 1. The number of aromatic nitrogens is 4. The van der Waals surface area contributed by atoms with Gasteiger partial charge in [-0.3, -0.25) is 0 Å². The van der Waals surface area contributed by atoms with Gasteiger partial charge >= 0.3 is 0 Å². The molecule has 0 saturated carbocycles. The Bertz CT molecular complexity index is 705. The Balaban J connectivity index is 2.13. The maximum absolute atomic E-state index is 5.08. The van der Waals surface area contributed by atoms with Crippen LogP contribution in [-0.4, -0.2) is 27.0 Å². The third kappa shape index (κ3) is 1.79. The quantitative estimate of drug-likeness (QED) is 0.746. The fraction of sp³-hybridized carbons (Fsp3) is 0.154. The van der Waals surface area contributed by atoms with Gasteiger partial charge in [0.1, 0.15) is 5.69 Å².